The molecule has 1 aromatic rings. The van der Waals surface area contributed by atoms with Crippen LogP contribution in [0.25, 0.3) is 0 Å². The molecule has 0 bridgehead atoms. The summed E-state index contributed by atoms with van der Waals surface area (Å²) in [5.41, 5.74) is 0.354. The van der Waals surface area contributed by atoms with E-state index < -0.39 is 11.6 Å². The predicted octanol–water partition coefficient (Wildman–Crippen LogP) is 2.72. The molecule has 0 N–H and O–H groups in total. The van der Waals surface area contributed by atoms with Crippen molar-refractivity contribution in [1.29, 1.82) is 0 Å². The Morgan fingerprint density at radius 2 is 1.36 bits per heavy atom. The van der Waals surface area contributed by atoms with E-state index in [9.17, 15) is 8.78 Å². The Labute approximate surface area is 87.5 Å². The van der Waals surface area contributed by atoms with Crippen LogP contribution in [0.1, 0.15) is 5.56 Å². The third-order valence-corrected chi connectivity index (χ3v) is 0.922. The van der Waals surface area contributed by atoms with Crippen molar-refractivity contribution in [3.63, 3.8) is 0 Å². The van der Waals surface area contributed by atoms with Crippen LogP contribution in [0.4, 0.5) is 8.78 Å². The molecule has 0 saturated heterocycles. The molecule has 1 rings (SSSR count). The van der Waals surface area contributed by atoms with E-state index >= 15 is 0 Å². The summed E-state index contributed by atoms with van der Waals surface area (Å²) in [6, 6.07) is 3.15. The molecule has 0 aromatic heterocycles. The number of rotatable bonds is 0. The summed E-state index contributed by atoms with van der Waals surface area (Å²) in [4.78, 5) is 0. The second kappa shape index (κ2) is 5.67. The van der Waals surface area contributed by atoms with Gasteiger partial charge in [0.2, 0.25) is 0 Å². The van der Waals surface area contributed by atoms with Gasteiger partial charge in [0.1, 0.15) is 0 Å². The Morgan fingerprint density at radius 3 is 1.64 bits per heavy atom. The third kappa shape index (κ3) is 4.49. The van der Waals surface area contributed by atoms with Gasteiger partial charge in [-0.3, -0.25) is 0 Å². The van der Waals surface area contributed by atoms with Crippen LogP contribution >= 0.6 is 17.0 Å². The molecule has 0 radical (unpaired) electrons. The summed E-state index contributed by atoms with van der Waals surface area (Å²) in [6.45, 7) is 3.36. The molecule has 0 nitrogen and oxygen atoms in total. The zero-order valence-electron chi connectivity index (χ0n) is 5.81. The summed E-state index contributed by atoms with van der Waals surface area (Å²) >= 11 is 0. The first kappa shape index (κ1) is 13.6. The van der Waals surface area contributed by atoms with Gasteiger partial charge in [0.05, 0.1) is 11.6 Å². The Balaban J connectivity index is 0. The quantitative estimate of drug-likeness (QED) is 0.504. The van der Waals surface area contributed by atoms with Crippen LogP contribution < -0.4 is 0 Å². The van der Waals surface area contributed by atoms with E-state index in [1.807, 2.05) is 0 Å². The van der Waals surface area contributed by atoms with Gasteiger partial charge in [0, 0.05) is 19.5 Å². The Kier molecular flexibility index (Phi) is 7.03. The van der Waals surface area contributed by atoms with E-state index in [0.29, 0.717) is 5.56 Å². The van der Waals surface area contributed by atoms with Crippen LogP contribution in [0.5, 0.6) is 0 Å². The van der Waals surface area contributed by atoms with Crippen LogP contribution in [0.2, 0.25) is 0 Å². The molecule has 0 aliphatic carbocycles. The van der Waals surface area contributed by atoms with Gasteiger partial charge in [0.15, 0.2) is 0 Å². The van der Waals surface area contributed by atoms with E-state index in [4.69, 9.17) is 0 Å². The van der Waals surface area contributed by atoms with Gasteiger partial charge < -0.3 is 0 Å². The van der Waals surface area contributed by atoms with E-state index in [-0.39, 0.29) is 36.5 Å². The third-order valence-electron chi connectivity index (χ3n) is 0.922. The fourth-order valence-electron chi connectivity index (χ4n) is 0.611. The van der Waals surface area contributed by atoms with Crippen molar-refractivity contribution in [3.05, 3.63) is 42.3 Å². The van der Waals surface area contributed by atoms with Gasteiger partial charge in [-0.2, -0.15) is 12.5 Å². The maximum atomic E-state index is 12.1. The second-order valence-electron chi connectivity index (χ2n) is 1.78. The van der Waals surface area contributed by atoms with Crippen LogP contribution in [-0.2, 0) is 19.5 Å². The van der Waals surface area contributed by atoms with Gasteiger partial charge in [-0.05, 0) is 6.07 Å². The molecule has 0 saturated carbocycles. The smallest absolute Gasteiger partial charge is 0.0706 e. The first-order valence-electron chi connectivity index (χ1n) is 2.46. The zero-order chi connectivity index (χ0) is 6.85. The van der Waals surface area contributed by atoms with Crippen LogP contribution in [-0.4, -0.2) is 0 Å². The maximum absolute atomic E-state index is 12.1. The minimum absolute atomic E-state index is 0. The van der Waals surface area contributed by atoms with Crippen LogP contribution in [0.3, 0.4) is 0 Å². The van der Waals surface area contributed by atoms with E-state index in [2.05, 4.69) is 6.92 Å². The maximum Gasteiger partial charge on any atom is 0.0706 e. The minimum atomic E-state index is -0.583. The van der Waals surface area contributed by atoms with Crippen molar-refractivity contribution in [2.75, 3.05) is 0 Å². The molecule has 0 spiro atoms. The van der Waals surface area contributed by atoms with Crippen LogP contribution in [0, 0.1) is 18.6 Å². The molecule has 0 aliphatic rings. The van der Waals surface area contributed by atoms with Crippen molar-refractivity contribution < 1.29 is 28.3 Å². The van der Waals surface area contributed by atoms with Crippen LogP contribution in [0.15, 0.2) is 18.2 Å². The molecule has 1 aromatic carbocycles. The predicted molar refractivity (Wildman–Crippen MR) is 41.1 cm³/mol. The molecular formula is C7H6BrF2Zn-. The summed E-state index contributed by atoms with van der Waals surface area (Å²) < 4.78 is 24.3. The fraction of sp³-hybridized carbons (Fsp3) is 0. The van der Waals surface area contributed by atoms with E-state index in [1.54, 1.807) is 0 Å². The van der Waals surface area contributed by atoms with Crippen molar-refractivity contribution in [2.24, 2.45) is 0 Å². The largest absolute Gasteiger partial charge is 0.221 e. The summed E-state index contributed by atoms with van der Waals surface area (Å²) in [7, 11) is 0. The van der Waals surface area contributed by atoms with Gasteiger partial charge in [-0.1, -0.05) is 0 Å². The van der Waals surface area contributed by atoms with Gasteiger partial charge >= 0.3 is 0 Å². The van der Waals surface area contributed by atoms with Gasteiger partial charge in [-0.25, -0.2) is 8.78 Å². The summed E-state index contributed by atoms with van der Waals surface area (Å²) in [5.74, 6) is -1.17. The molecule has 0 aliphatic heterocycles. The topological polar surface area (TPSA) is 0 Å². The molecule has 0 heterocycles. The molecule has 0 atom stereocenters. The standard InChI is InChI=1S/C7H5F2.BrH.Zn/c1-5-2-6(8)4-7(9)3-5;;/h2-4H,1H2;1H;/q-1;;. The van der Waals surface area contributed by atoms with Crippen molar-refractivity contribution in [1.82, 2.24) is 0 Å². The average Bonchev–Trinajstić information content (AvgIpc) is 1.59. The first-order valence-corrected chi connectivity index (χ1v) is 2.46. The molecule has 4 heteroatoms. The first-order chi connectivity index (χ1) is 4.18. The number of hydrogen-bond acceptors (Lipinski definition) is 0. The van der Waals surface area contributed by atoms with Gasteiger partial charge in [-0.15, -0.1) is 29.1 Å². The summed E-state index contributed by atoms with van der Waals surface area (Å²) in [6.07, 6.45) is 0. The number of benzene rings is 1. The normalized spacial score (nSPS) is 7.82. The molecule has 58 valence electrons. The molecular weight excluding hydrogens is 267 g/mol. The summed E-state index contributed by atoms with van der Waals surface area (Å²) in [5, 5.41) is 0. The number of halogens is 3. The van der Waals surface area contributed by atoms with E-state index in [0.717, 1.165) is 6.07 Å². The van der Waals surface area contributed by atoms with Crippen molar-refractivity contribution in [2.45, 2.75) is 0 Å². The molecule has 0 unspecified atom stereocenters. The SMILES string of the molecule is Br.[CH2-]c1cc(F)cc(F)c1.[Zn]. The molecule has 0 fully saturated rings. The minimum Gasteiger partial charge on any atom is -0.221 e. The van der Waals surface area contributed by atoms with Gasteiger partial charge in [0.25, 0.3) is 0 Å². The van der Waals surface area contributed by atoms with E-state index in [1.165, 1.54) is 12.1 Å². The second-order valence-corrected chi connectivity index (χ2v) is 1.78. The Bertz CT molecular complexity index is 177. The zero-order valence-corrected chi connectivity index (χ0v) is 10.5. The number of hydrogen-bond donors (Lipinski definition) is 0. The molecule has 11 heavy (non-hydrogen) atoms. The molecule has 0 amide bonds. The van der Waals surface area contributed by atoms with Crippen molar-refractivity contribution in [3.8, 4) is 0 Å². The Hall–Kier alpha value is 0.0534. The van der Waals surface area contributed by atoms with Crippen molar-refractivity contribution >= 4 is 17.0 Å². The Morgan fingerprint density at radius 1 is 1.00 bits per heavy atom. The monoisotopic (exact) mass is 271 g/mol. The fourth-order valence-corrected chi connectivity index (χ4v) is 0.611. The average molecular weight is 273 g/mol.